The van der Waals surface area contributed by atoms with Crippen molar-refractivity contribution in [1.29, 1.82) is 0 Å². The van der Waals surface area contributed by atoms with E-state index in [1.165, 1.54) is 6.08 Å². The highest BCUT2D eigenvalue weighted by atomic mass is 16.5. The molecule has 0 radical (unpaired) electrons. The molecule has 0 aromatic rings. The molecule has 0 saturated heterocycles. The van der Waals surface area contributed by atoms with Crippen molar-refractivity contribution in [1.82, 2.24) is 0 Å². The van der Waals surface area contributed by atoms with Crippen molar-refractivity contribution < 1.29 is 24.9 Å². The number of hydrogen-bond donors (Lipinski definition) is 3. The Kier molecular flexibility index (Phi) is 3.33. The average molecular weight is 240 g/mol. The molecule has 1 heterocycles. The number of hydrogen-bond acceptors (Lipinski definition) is 5. The van der Waals surface area contributed by atoms with Crippen molar-refractivity contribution in [2.24, 2.45) is 0 Å². The summed E-state index contributed by atoms with van der Waals surface area (Å²) in [5.41, 5.74) is 0.749. The van der Waals surface area contributed by atoms with Crippen molar-refractivity contribution in [2.45, 2.75) is 44.5 Å². The molecule has 3 N–H and O–H groups in total. The zero-order chi connectivity index (χ0) is 12.6. The maximum absolute atomic E-state index is 11.6. The first kappa shape index (κ1) is 12.3. The maximum atomic E-state index is 11.6. The topological polar surface area (TPSA) is 87.0 Å². The van der Waals surface area contributed by atoms with Gasteiger partial charge in [-0.2, -0.15) is 0 Å². The molecule has 0 amide bonds. The number of esters is 1. The van der Waals surface area contributed by atoms with E-state index in [1.54, 1.807) is 0 Å². The molecule has 17 heavy (non-hydrogen) atoms. The van der Waals surface area contributed by atoms with Crippen LogP contribution in [-0.2, 0) is 9.53 Å². The molecule has 0 fully saturated rings. The third kappa shape index (κ3) is 2.13. The van der Waals surface area contributed by atoms with Gasteiger partial charge in [0.05, 0.1) is 17.8 Å². The van der Waals surface area contributed by atoms with Gasteiger partial charge in [-0.05, 0) is 25.3 Å². The van der Waals surface area contributed by atoms with Crippen LogP contribution in [0.15, 0.2) is 23.0 Å². The van der Waals surface area contributed by atoms with Gasteiger partial charge in [0.25, 0.3) is 0 Å². The Labute approximate surface area is 99.0 Å². The summed E-state index contributed by atoms with van der Waals surface area (Å²) < 4.78 is 5.02. The molecule has 0 unspecified atom stereocenters. The number of allylic oxidation sites excluding steroid dienone is 1. The molecule has 0 aromatic heterocycles. The van der Waals surface area contributed by atoms with E-state index in [9.17, 15) is 20.1 Å². The summed E-state index contributed by atoms with van der Waals surface area (Å²) in [5, 5.41) is 28.7. The summed E-state index contributed by atoms with van der Waals surface area (Å²) in [6.45, 7) is 1.81. The molecule has 5 nitrogen and oxygen atoms in total. The quantitative estimate of drug-likeness (QED) is 0.592. The minimum Gasteiger partial charge on any atom is -0.423 e. The van der Waals surface area contributed by atoms with E-state index < -0.39 is 24.3 Å². The Morgan fingerprint density at radius 3 is 2.88 bits per heavy atom. The van der Waals surface area contributed by atoms with E-state index in [0.717, 1.165) is 0 Å². The van der Waals surface area contributed by atoms with Crippen molar-refractivity contribution in [3.63, 3.8) is 0 Å². The predicted octanol–water partition coefficient (Wildman–Crippen LogP) is 0.0102. The van der Waals surface area contributed by atoms with Gasteiger partial charge in [0.1, 0.15) is 11.9 Å². The van der Waals surface area contributed by atoms with E-state index in [-0.39, 0.29) is 5.57 Å². The first-order valence-corrected chi connectivity index (χ1v) is 5.76. The van der Waals surface area contributed by atoms with Crippen LogP contribution in [0.4, 0.5) is 0 Å². The molecule has 0 aromatic carbocycles. The monoisotopic (exact) mass is 240 g/mol. The van der Waals surface area contributed by atoms with Gasteiger partial charge in [0.15, 0.2) is 0 Å². The molecular formula is C12H16O5. The Hall–Kier alpha value is -1.17. The third-order valence-corrected chi connectivity index (χ3v) is 3.16. The first-order chi connectivity index (χ1) is 8.04. The van der Waals surface area contributed by atoms with Crippen LogP contribution in [0.2, 0.25) is 0 Å². The summed E-state index contributed by atoms with van der Waals surface area (Å²) in [6, 6.07) is 0. The van der Waals surface area contributed by atoms with Crippen molar-refractivity contribution in [2.75, 3.05) is 0 Å². The molecule has 1 aliphatic carbocycles. The second-order valence-corrected chi connectivity index (χ2v) is 4.34. The van der Waals surface area contributed by atoms with Crippen LogP contribution in [-0.4, -0.2) is 39.6 Å². The van der Waals surface area contributed by atoms with E-state index in [2.05, 4.69) is 0 Å². The van der Waals surface area contributed by atoms with E-state index in [1.807, 2.05) is 6.92 Å². The number of aliphatic hydroxyl groups is 3. The molecule has 2 aliphatic rings. The minimum atomic E-state index is -1.18. The highest BCUT2D eigenvalue weighted by Gasteiger charge is 2.40. The molecule has 0 spiro atoms. The normalized spacial score (nSPS) is 32.7. The summed E-state index contributed by atoms with van der Waals surface area (Å²) in [7, 11) is 0. The molecule has 2 rings (SSSR count). The number of carbonyl (C=O) groups excluding carboxylic acids is 1. The molecule has 94 valence electrons. The lowest BCUT2D eigenvalue weighted by atomic mass is 9.87. The van der Waals surface area contributed by atoms with Crippen LogP contribution >= 0.6 is 0 Å². The highest BCUT2D eigenvalue weighted by molar-refractivity contribution is 5.96. The number of rotatable bonds is 2. The highest BCUT2D eigenvalue weighted by Crippen LogP contribution is 2.37. The minimum absolute atomic E-state index is 0.137. The molecular weight excluding hydrogens is 224 g/mol. The van der Waals surface area contributed by atoms with Gasteiger partial charge >= 0.3 is 5.97 Å². The zero-order valence-corrected chi connectivity index (χ0v) is 9.59. The van der Waals surface area contributed by atoms with Crippen LogP contribution in [0.1, 0.15) is 26.2 Å². The second-order valence-electron chi connectivity index (χ2n) is 4.34. The summed E-state index contributed by atoms with van der Waals surface area (Å²) in [6.07, 6.45) is 0.0818. The van der Waals surface area contributed by atoms with Crippen molar-refractivity contribution >= 4 is 5.97 Å². The van der Waals surface area contributed by atoms with Gasteiger partial charge in [-0.15, -0.1) is 0 Å². The standard InChI is InChI=1S/C12H16O5/c1-2-6(13)5-9-7-3-4-8(14)11(15)10(7)12(16)17-9/h5-6,8,11,13-15H,2-4H2,1H3/b9-5-/t6-,8+,11-/m0/s1. The molecule has 5 heteroatoms. The Morgan fingerprint density at radius 1 is 1.53 bits per heavy atom. The number of aliphatic hydroxyl groups excluding tert-OH is 3. The molecule has 0 saturated carbocycles. The van der Waals surface area contributed by atoms with Gasteiger partial charge in [0, 0.05) is 5.57 Å². The molecule has 1 aliphatic heterocycles. The summed E-state index contributed by atoms with van der Waals surface area (Å²) in [4.78, 5) is 11.6. The van der Waals surface area contributed by atoms with Crippen LogP contribution < -0.4 is 0 Å². The maximum Gasteiger partial charge on any atom is 0.342 e. The van der Waals surface area contributed by atoms with Gasteiger partial charge in [-0.25, -0.2) is 4.79 Å². The van der Waals surface area contributed by atoms with Crippen LogP contribution in [0.25, 0.3) is 0 Å². The van der Waals surface area contributed by atoms with Gasteiger partial charge in [-0.1, -0.05) is 6.92 Å². The number of cyclic esters (lactones) is 1. The molecule has 3 atom stereocenters. The Balaban J connectivity index is 2.34. The largest absolute Gasteiger partial charge is 0.423 e. The smallest absolute Gasteiger partial charge is 0.342 e. The van der Waals surface area contributed by atoms with Crippen LogP contribution in [0.3, 0.4) is 0 Å². The summed E-state index contributed by atoms with van der Waals surface area (Å²) >= 11 is 0. The van der Waals surface area contributed by atoms with Crippen molar-refractivity contribution in [3.05, 3.63) is 23.0 Å². The van der Waals surface area contributed by atoms with Crippen molar-refractivity contribution in [3.8, 4) is 0 Å². The third-order valence-electron chi connectivity index (χ3n) is 3.16. The average Bonchev–Trinajstić information content (AvgIpc) is 2.61. The lowest BCUT2D eigenvalue weighted by Gasteiger charge is -2.22. The summed E-state index contributed by atoms with van der Waals surface area (Å²) in [5.74, 6) is -0.300. The Bertz CT molecular complexity index is 396. The zero-order valence-electron chi connectivity index (χ0n) is 9.59. The SMILES string of the molecule is CC[C@H](O)/C=C1\OC(=O)C2=C1CC[C@@H](O)[C@@H]2O. The lowest BCUT2D eigenvalue weighted by molar-refractivity contribution is -0.135. The fourth-order valence-corrected chi connectivity index (χ4v) is 2.10. The fraction of sp³-hybridized carbons (Fsp3) is 0.583. The molecule has 0 bridgehead atoms. The predicted molar refractivity (Wildman–Crippen MR) is 58.7 cm³/mol. The van der Waals surface area contributed by atoms with Gasteiger partial charge < -0.3 is 20.1 Å². The second kappa shape index (κ2) is 4.60. The lowest BCUT2D eigenvalue weighted by Crippen LogP contribution is -2.33. The van der Waals surface area contributed by atoms with Gasteiger partial charge in [-0.3, -0.25) is 0 Å². The number of carbonyl (C=O) groups is 1. The first-order valence-electron chi connectivity index (χ1n) is 5.76. The van der Waals surface area contributed by atoms with Gasteiger partial charge in [0.2, 0.25) is 0 Å². The fourth-order valence-electron chi connectivity index (χ4n) is 2.10. The van der Waals surface area contributed by atoms with Crippen LogP contribution in [0.5, 0.6) is 0 Å². The van der Waals surface area contributed by atoms with E-state index in [0.29, 0.717) is 30.6 Å². The number of ether oxygens (including phenoxy) is 1. The van der Waals surface area contributed by atoms with E-state index >= 15 is 0 Å². The van der Waals surface area contributed by atoms with E-state index in [4.69, 9.17) is 4.74 Å². The van der Waals surface area contributed by atoms with Crippen LogP contribution in [0, 0.1) is 0 Å². The Morgan fingerprint density at radius 2 is 2.24 bits per heavy atom.